The van der Waals surface area contributed by atoms with Crippen molar-refractivity contribution in [3.63, 3.8) is 0 Å². The van der Waals surface area contributed by atoms with E-state index in [-0.39, 0.29) is 24.2 Å². The molecule has 2 saturated heterocycles. The van der Waals surface area contributed by atoms with Gasteiger partial charge in [0.2, 0.25) is 11.8 Å². The fourth-order valence-corrected chi connectivity index (χ4v) is 4.34. The maximum Gasteiger partial charge on any atom is 0.414 e. The molecule has 0 unspecified atom stereocenters. The molecule has 3 aliphatic rings. The lowest BCUT2D eigenvalue weighted by atomic mass is 10.1. The summed E-state index contributed by atoms with van der Waals surface area (Å²) in [5.41, 5.74) is 2.44. The lowest BCUT2D eigenvalue weighted by Gasteiger charge is -2.40. The minimum absolute atomic E-state index is 0.0824. The summed E-state index contributed by atoms with van der Waals surface area (Å²) in [5.74, 6) is -0.390. The van der Waals surface area contributed by atoms with Gasteiger partial charge in [0.15, 0.2) is 0 Å². The minimum atomic E-state index is -0.458. The van der Waals surface area contributed by atoms with E-state index in [1.807, 2.05) is 18.2 Å². The predicted molar refractivity (Wildman–Crippen MR) is 106 cm³/mol. The number of fused-ring (bicyclic) bond motifs is 3. The third kappa shape index (κ3) is 3.37. The lowest BCUT2D eigenvalue weighted by Crippen LogP contribution is -2.48. The molecule has 8 nitrogen and oxygen atoms in total. The molecule has 2 fully saturated rings. The second-order valence-corrected chi connectivity index (χ2v) is 7.62. The molecule has 3 amide bonds. The van der Waals surface area contributed by atoms with E-state index in [4.69, 9.17) is 16.3 Å². The van der Waals surface area contributed by atoms with Crippen LogP contribution in [0.3, 0.4) is 0 Å². The van der Waals surface area contributed by atoms with E-state index in [2.05, 4.69) is 10.2 Å². The standard InChI is InChI=1S/C19H23ClN4O4/c1-12(25)21-9-15-11-23(19(27)28-15)13-4-5-16-17(7-13)24(18(26)8-20)10-14-3-2-6-22(14)16/h4-5,7,14-15H,2-3,6,8-11H2,1H3,(H,21,25)/t14-,15-/m0/s1. The second-order valence-electron chi connectivity index (χ2n) is 7.35. The molecule has 150 valence electrons. The first-order valence-corrected chi connectivity index (χ1v) is 10.0. The van der Waals surface area contributed by atoms with E-state index in [1.165, 1.54) is 11.8 Å². The minimum Gasteiger partial charge on any atom is -0.442 e. The number of anilines is 3. The highest BCUT2D eigenvalue weighted by Crippen LogP contribution is 2.42. The van der Waals surface area contributed by atoms with Crippen molar-refractivity contribution in [3.8, 4) is 0 Å². The van der Waals surface area contributed by atoms with Crippen molar-refractivity contribution in [1.29, 1.82) is 0 Å². The Hall–Kier alpha value is -2.48. The Bertz CT molecular complexity index is 817. The van der Waals surface area contributed by atoms with Crippen LogP contribution >= 0.6 is 11.6 Å². The summed E-state index contributed by atoms with van der Waals surface area (Å²) in [6, 6.07) is 6.01. The highest BCUT2D eigenvalue weighted by molar-refractivity contribution is 6.29. The van der Waals surface area contributed by atoms with Gasteiger partial charge < -0.3 is 19.9 Å². The summed E-state index contributed by atoms with van der Waals surface area (Å²) in [4.78, 5) is 41.5. The number of hydrogen-bond acceptors (Lipinski definition) is 5. The molecule has 3 heterocycles. The molecular formula is C19H23ClN4O4. The van der Waals surface area contributed by atoms with Crippen LogP contribution in [0.1, 0.15) is 19.8 Å². The molecular weight excluding hydrogens is 384 g/mol. The van der Waals surface area contributed by atoms with E-state index < -0.39 is 12.2 Å². The zero-order chi connectivity index (χ0) is 19.8. The monoisotopic (exact) mass is 406 g/mol. The average molecular weight is 407 g/mol. The van der Waals surface area contributed by atoms with Gasteiger partial charge in [0.05, 0.1) is 24.5 Å². The molecule has 0 radical (unpaired) electrons. The van der Waals surface area contributed by atoms with Crippen molar-refractivity contribution in [1.82, 2.24) is 5.32 Å². The topological polar surface area (TPSA) is 82.2 Å². The maximum atomic E-state index is 12.4. The number of carbonyl (C=O) groups excluding carboxylic acids is 3. The number of rotatable bonds is 4. The van der Waals surface area contributed by atoms with Gasteiger partial charge in [-0.3, -0.25) is 14.5 Å². The van der Waals surface area contributed by atoms with Gasteiger partial charge in [0.1, 0.15) is 12.0 Å². The molecule has 0 saturated carbocycles. The summed E-state index contributed by atoms with van der Waals surface area (Å²) in [5, 5.41) is 2.67. The Kier molecular flexibility index (Phi) is 5.05. The molecule has 0 aromatic heterocycles. The number of nitrogens with one attached hydrogen (secondary N) is 1. The molecule has 2 atom stereocenters. The number of carbonyl (C=O) groups is 3. The number of benzene rings is 1. The van der Waals surface area contributed by atoms with Crippen molar-refractivity contribution in [3.05, 3.63) is 18.2 Å². The van der Waals surface area contributed by atoms with Crippen LogP contribution in [-0.2, 0) is 14.3 Å². The number of halogens is 1. The Balaban J connectivity index is 1.61. The number of hydrogen-bond donors (Lipinski definition) is 1. The van der Waals surface area contributed by atoms with Gasteiger partial charge in [-0.15, -0.1) is 11.6 Å². The van der Waals surface area contributed by atoms with Crippen LogP contribution in [0.5, 0.6) is 0 Å². The van der Waals surface area contributed by atoms with Crippen LogP contribution in [0.4, 0.5) is 21.9 Å². The largest absolute Gasteiger partial charge is 0.442 e. The van der Waals surface area contributed by atoms with Crippen molar-refractivity contribution in [2.45, 2.75) is 31.9 Å². The van der Waals surface area contributed by atoms with Gasteiger partial charge in [-0.1, -0.05) is 0 Å². The third-order valence-corrected chi connectivity index (χ3v) is 5.74. The quantitative estimate of drug-likeness (QED) is 0.769. The number of cyclic esters (lactones) is 1. The first kappa shape index (κ1) is 18.9. The lowest BCUT2D eigenvalue weighted by molar-refractivity contribution is -0.119. The van der Waals surface area contributed by atoms with Crippen LogP contribution in [0.15, 0.2) is 18.2 Å². The van der Waals surface area contributed by atoms with Crippen molar-refractivity contribution in [2.24, 2.45) is 0 Å². The SMILES string of the molecule is CC(=O)NC[C@H]1CN(c2ccc3c(c2)N(C(=O)CCl)C[C@@H]2CCCN32)C(=O)O1. The number of ether oxygens (including phenoxy) is 1. The van der Waals surface area contributed by atoms with Crippen molar-refractivity contribution >= 4 is 46.6 Å². The summed E-state index contributed by atoms with van der Waals surface area (Å²) < 4.78 is 5.35. The molecule has 0 bridgehead atoms. The molecule has 28 heavy (non-hydrogen) atoms. The Morgan fingerprint density at radius 1 is 1.29 bits per heavy atom. The zero-order valence-electron chi connectivity index (χ0n) is 15.7. The molecule has 0 aliphatic carbocycles. The fourth-order valence-electron chi connectivity index (χ4n) is 4.20. The Morgan fingerprint density at radius 3 is 2.86 bits per heavy atom. The van der Waals surface area contributed by atoms with Crippen molar-refractivity contribution < 1.29 is 19.1 Å². The van der Waals surface area contributed by atoms with Gasteiger partial charge in [0.25, 0.3) is 0 Å². The molecule has 0 spiro atoms. The molecule has 3 aliphatic heterocycles. The molecule has 1 N–H and O–H groups in total. The van der Waals surface area contributed by atoms with Gasteiger partial charge in [-0.25, -0.2) is 4.79 Å². The van der Waals surface area contributed by atoms with Crippen LogP contribution in [-0.4, -0.2) is 62.1 Å². The van der Waals surface area contributed by atoms with E-state index in [1.54, 1.807) is 4.90 Å². The van der Waals surface area contributed by atoms with Crippen molar-refractivity contribution in [2.75, 3.05) is 46.8 Å². The van der Waals surface area contributed by atoms with E-state index in [0.29, 0.717) is 24.8 Å². The smallest absolute Gasteiger partial charge is 0.414 e. The highest BCUT2D eigenvalue weighted by atomic mass is 35.5. The first-order valence-electron chi connectivity index (χ1n) is 9.47. The fraction of sp³-hybridized carbons (Fsp3) is 0.526. The van der Waals surface area contributed by atoms with Crippen LogP contribution in [0.2, 0.25) is 0 Å². The Morgan fingerprint density at radius 2 is 2.11 bits per heavy atom. The number of nitrogens with zero attached hydrogens (tertiary/aromatic N) is 3. The van der Waals surface area contributed by atoms with Crippen LogP contribution in [0, 0.1) is 0 Å². The van der Waals surface area contributed by atoms with Gasteiger partial charge in [-0.2, -0.15) is 0 Å². The third-order valence-electron chi connectivity index (χ3n) is 5.51. The van der Waals surface area contributed by atoms with Gasteiger partial charge in [-0.05, 0) is 31.0 Å². The normalized spacial score (nSPS) is 23.4. The number of amides is 3. The zero-order valence-corrected chi connectivity index (χ0v) is 16.4. The summed E-state index contributed by atoms with van der Waals surface area (Å²) >= 11 is 5.84. The van der Waals surface area contributed by atoms with Crippen LogP contribution < -0.4 is 20.0 Å². The first-order chi connectivity index (χ1) is 13.5. The van der Waals surface area contributed by atoms with Gasteiger partial charge >= 0.3 is 6.09 Å². The average Bonchev–Trinajstić information content (AvgIpc) is 3.31. The molecule has 9 heteroatoms. The summed E-state index contributed by atoms with van der Waals surface area (Å²) in [6.45, 7) is 3.61. The van der Waals surface area contributed by atoms with Gasteiger partial charge in [0, 0.05) is 31.7 Å². The maximum absolute atomic E-state index is 12.4. The molecule has 4 rings (SSSR count). The van der Waals surface area contributed by atoms with Crippen LogP contribution in [0.25, 0.3) is 0 Å². The van der Waals surface area contributed by atoms with E-state index in [0.717, 1.165) is 30.8 Å². The number of alkyl halides is 1. The van der Waals surface area contributed by atoms with E-state index >= 15 is 0 Å². The molecule has 1 aromatic carbocycles. The second kappa shape index (κ2) is 7.50. The molecule has 1 aromatic rings. The Labute approximate surface area is 168 Å². The predicted octanol–water partition coefficient (Wildman–Crippen LogP) is 1.70. The highest BCUT2D eigenvalue weighted by Gasteiger charge is 2.38. The summed E-state index contributed by atoms with van der Waals surface area (Å²) in [6.07, 6.45) is 1.28. The summed E-state index contributed by atoms with van der Waals surface area (Å²) in [7, 11) is 0. The van der Waals surface area contributed by atoms with E-state index in [9.17, 15) is 14.4 Å².